The summed E-state index contributed by atoms with van der Waals surface area (Å²) < 4.78 is 19.1. The molecule has 0 saturated heterocycles. The maximum Gasteiger partial charge on any atom is 0.165 e. The van der Waals surface area contributed by atoms with Gasteiger partial charge in [0.1, 0.15) is 11.9 Å². The molecule has 0 bridgehead atoms. The molecule has 1 aromatic heterocycles. The van der Waals surface area contributed by atoms with Crippen molar-refractivity contribution in [3.8, 4) is 11.8 Å². The Morgan fingerprint density at radius 3 is 3.10 bits per heavy atom. The third-order valence-electron chi connectivity index (χ3n) is 3.31. The van der Waals surface area contributed by atoms with Gasteiger partial charge in [0.2, 0.25) is 0 Å². The summed E-state index contributed by atoms with van der Waals surface area (Å²) in [6.07, 6.45) is 2.12. The molecule has 0 saturated carbocycles. The Hall–Kier alpha value is -2.32. The molecule has 2 aromatic rings. The quantitative estimate of drug-likeness (QED) is 0.919. The molecule has 106 valence electrons. The van der Waals surface area contributed by atoms with Crippen LogP contribution in [0.4, 0.5) is 10.2 Å². The second kappa shape index (κ2) is 5.58. The molecule has 0 unspecified atom stereocenters. The van der Waals surface area contributed by atoms with E-state index >= 15 is 0 Å². The van der Waals surface area contributed by atoms with Crippen LogP contribution in [0.15, 0.2) is 30.5 Å². The molecule has 1 atom stereocenters. The monoisotopic (exact) mass is 303 g/mol. The normalized spacial score (nSPS) is 16.5. The van der Waals surface area contributed by atoms with Crippen LogP contribution in [-0.4, -0.2) is 11.6 Å². The summed E-state index contributed by atoms with van der Waals surface area (Å²) in [5.74, 6) is 0.363. The number of aromatic nitrogens is 1. The van der Waals surface area contributed by atoms with Crippen LogP contribution in [0.25, 0.3) is 0 Å². The Morgan fingerprint density at radius 2 is 2.33 bits per heavy atom. The molecule has 0 spiro atoms. The number of fused-ring (bicyclic) bond motifs is 1. The summed E-state index contributed by atoms with van der Waals surface area (Å²) in [5, 5.41) is 12.4. The van der Waals surface area contributed by atoms with E-state index in [0.29, 0.717) is 29.4 Å². The highest BCUT2D eigenvalue weighted by atomic mass is 35.5. The molecule has 4 nitrogen and oxygen atoms in total. The zero-order chi connectivity index (χ0) is 14.8. The van der Waals surface area contributed by atoms with Crippen molar-refractivity contribution in [2.45, 2.75) is 12.5 Å². The highest BCUT2D eigenvalue weighted by Crippen LogP contribution is 2.36. The fraction of sp³-hybridized carbons (Fsp3) is 0.200. The molecule has 0 amide bonds. The molecule has 21 heavy (non-hydrogen) atoms. The van der Waals surface area contributed by atoms with Gasteiger partial charge in [0.15, 0.2) is 11.6 Å². The largest absolute Gasteiger partial charge is 0.490 e. The number of halogens is 2. The first-order chi connectivity index (χ1) is 10.2. The van der Waals surface area contributed by atoms with Gasteiger partial charge >= 0.3 is 0 Å². The van der Waals surface area contributed by atoms with Gasteiger partial charge in [-0.2, -0.15) is 5.26 Å². The van der Waals surface area contributed by atoms with Gasteiger partial charge in [-0.3, -0.25) is 0 Å². The van der Waals surface area contributed by atoms with Gasteiger partial charge in [0, 0.05) is 18.2 Å². The van der Waals surface area contributed by atoms with Crippen molar-refractivity contribution >= 4 is 17.4 Å². The lowest BCUT2D eigenvalue weighted by molar-refractivity contribution is 0.260. The van der Waals surface area contributed by atoms with Crippen LogP contribution in [0, 0.1) is 17.1 Å². The highest BCUT2D eigenvalue weighted by molar-refractivity contribution is 6.33. The number of hydrogen-bond acceptors (Lipinski definition) is 4. The number of anilines is 1. The minimum absolute atomic E-state index is 0.137. The smallest absolute Gasteiger partial charge is 0.165 e. The van der Waals surface area contributed by atoms with E-state index in [1.807, 2.05) is 12.1 Å². The molecule has 0 fully saturated rings. The predicted molar refractivity (Wildman–Crippen MR) is 76.8 cm³/mol. The minimum Gasteiger partial charge on any atom is -0.490 e. The van der Waals surface area contributed by atoms with E-state index in [1.54, 1.807) is 12.1 Å². The van der Waals surface area contributed by atoms with Crippen LogP contribution in [0.5, 0.6) is 5.75 Å². The van der Waals surface area contributed by atoms with Crippen LogP contribution >= 0.6 is 11.6 Å². The van der Waals surface area contributed by atoms with Gasteiger partial charge in [0.25, 0.3) is 0 Å². The molecule has 0 radical (unpaired) electrons. The second-order valence-corrected chi connectivity index (χ2v) is 5.07. The number of rotatable bonds is 2. The predicted octanol–water partition coefficient (Wildman–Crippen LogP) is 3.68. The van der Waals surface area contributed by atoms with Crippen LogP contribution in [0.3, 0.4) is 0 Å². The Kier molecular flexibility index (Phi) is 3.63. The summed E-state index contributed by atoms with van der Waals surface area (Å²) in [6, 6.07) is 8.21. The van der Waals surface area contributed by atoms with Crippen LogP contribution in [0.2, 0.25) is 5.02 Å². The number of nitriles is 1. The second-order valence-electron chi connectivity index (χ2n) is 4.66. The van der Waals surface area contributed by atoms with E-state index < -0.39 is 0 Å². The number of nitrogens with zero attached hydrogens (tertiary/aromatic N) is 2. The van der Waals surface area contributed by atoms with Crippen molar-refractivity contribution in [3.05, 3.63) is 52.4 Å². The average Bonchev–Trinajstić information content (AvgIpc) is 2.50. The molecule has 1 aromatic carbocycles. The molecule has 3 rings (SSSR count). The molecule has 1 N–H and O–H groups in total. The van der Waals surface area contributed by atoms with Crippen LogP contribution < -0.4 is 10.1 Å². The van der Waals surface area contributed by atoms with Crippen molar-refractivity contribution in [2.75, 3.05) is 11.9 Å². The maximum atomic E-state index is 13.7. The minimum atomic E-state index is -0.377. The van der Waals surface area contributed by atoms with Crippen molar-refractivity contribution < 1.29 is 9.13 Å². The Balaban J connectivity index is 1.91. The van der Waals surface area contributed by atoms with Gasteiger partial charge in [-0.1, -0.05) is 23.7 Å². The third-order valence-corrected chi connectivity index (χ3v) is 3.60. The summed E-state index contributed by atoms with van der Waals surface area (Å²) >= 11 is 6.10. The fourth-order valence-electron chi connectivity index (χ4n) is 2.31. The maximum absolute atomic E-state index is 13.7. The summed E-state index contributed by atoms with van der Waals surface area (Å²) in [4.78, 5) is 4.14. The van der Waals surface area contributed by atoms with E-state index in [1.165, 1.54) is 12.3 Å². The zero-order valence-corrected chi connectivity index (χ0v) is 11.7. The topological polar surface area (TPSA) is 57.9 Å². The van der Waals surface area contributed by atoms with Gasteiger partial charge < -0.3 is 10.1 Å². The van der Waals surface area contributed by atoms with E-state index in [0.717, 1.165) is 5.56 Å². The first kappa shape index (κ1) is 13.7. The first-order valence-corrected chi connectivity index (χ1v) is 6.80. The fourth-order valence-corrected chi connectivity index (χ4v) is 2.53. The number of benzene rings is 1. The Morgan fingerprint density at radius 1 is 1.48 bits per heavy atom. The average molecular weight is 304 g/mol. The van der Waals surface area contributed by atoms with Crippen molar-refractivity contribution in [1.29, 1.82) is 5.26 Å². The lowest BCUT2D eigenvalue weighted by atomic mass is 10.0. The van der Waals surface area contributed by atoms with Crippen molar-refractivity contribution in [3.63, 3.8) is 0 Å². The molecular formula is C15H11ClFN3O. The number of pyridine rings is 1. The number of para-hydroxylation sites is 1. The highest BCUT2D eigenvalue weighted by Gasteiger charge is 2.24. The number of ether oxygens (including phenoxy) is 1. The van der Waals surface area contributed by atoms with E-state index in [-0.39, 0.29) is 17.6 Å². The Labute approximate surface area is 126 Å². The van der Waals surface area contributed by atoms with Gasteiger partial charge in [-0.05, 0) is 12.1 Å². The van der Waals surface area contributed by atoms with Gasteiger partial charge in [-0.25, -0.2) is 9.37 Å². The molecule has 6 heteroatoms. The number of hydrogen-bond donors (Lipinski definition) is 1. The van der Waals surface area contributed by atoms with Gasteiger partial charge in [-0.15, -0.1) is 0 Å². The zero-order valence-electron chi connectivity index (χ0n) is 10.9. The lowest BCUT2D eigenvalue weighted by Gasteiger charge is -2.27. The van der Waals surface area contributed by atoms with Crippen molar-refractivity contribution in [1.82, 2.24) is 4.98 Å². The molecule has 1 aliphatic rings. The standard InChI is InChI=1S/C15H11ClFN3O/c16-11-6-9(7-18)8-19-15(11)20-13-4-5-21-14-10(13)2-1-3-12(14)17/h1-3,6,8,13H,4-5H2,(H,19,20)/t13-/m0/s1. The molecular weight excluding hydrogens is 293 g/mol. The van der Waals surface area contributed by atoms with E-state index in [9.17, 15) is 4.39 Å². The van der Waals surface area contributed by atoms with Crippen LogP contribution in [-0.2, 0) is 0 Å². The van der Waals surface area contributed by atoms with Crippen LogP contribution in [0.1, 0.15) is 23.6 Å². The summed E-state index contributed by atoms with van der Waals surface area (Å²) in [6.45, 7) is 0.416. The SMILES string of the molecule is N#Cc1cnc(N[C@H]2CCOc3c(F)cccc32)c(Cl)c1. The Bertz CT molecular complexity index is 729. The number of nitrogens with one attached hydrogen (secondary N) is 1. The van der Waals surface area contributed by atoms with E-state index in [2.05, 4.69) is 10.3 Å². The molecule has 1 aliphatic heterocycles. The van der Waals surface area contributed by atoms with E-state index in [4.69, 9.17) is 21.6 Å². The molecule has 2 heterocycles. The van der Waals surface area contributed by atoms with Gasteiger partial charge in [0.05, 0.1) is 23.2 Å². The van der Waals surface area contributed by atoms with Crippen molar-refractivity contribution in [2.24, 2.45) is 0 Å². The molecule has 0 aliphatic carbocycles. The summed E-state index contributed by atoms with van der Waals surface area (Å²) in [5.41, 5.74) is 1.13. The summed E-state index contributed by atoms with van der Waals surface area (Å²) in [7, 11) is 0. The third kappa shape index (κ3) is 2.63. The first-order valence-electron chi connectivity index (χ1n) is 6.42. The lowest BCUT2D eigenvalue weighted by Crippen LogP contribution is -2.21.